The van der Waals surface area contributed by atoms with Gasteiger partial charge in [0.2, 0.25) is 0 Å². The molecule has 0 bridgehead atoms. The summed E-state index contributed by atoms with van der Waals surface area (Å²) in [6, 6.07) is 16.9. The van der Waals surface area contributed by atoms with Crippen LogP contribution in [0.2, 0.25) is 0 Å². The van der Waals surface area contributed by atoms with E-state index in [1.807, 2.05) is 54.6 Å². The van der Waals surface area contributed by atoms with Crippen LogP contribution in [0.25, 0.3) is 0 Å². The van der Waals surface area contributed by atoms with Crippen LogP contribution in [0.5, 0.6) is 17.2 Å². The number of para-hydroxylation sites is 1. The highest BCUT2D eigenvalue weighted by Gasteiger charge is 1.97. The third-order valence-corrected chi connectivity index (χ3v) is 2.60. The summed E-state index contributed by atoms with van der Waals surface area (Å²) >= 11 is 11.0. The molecule has 0 aromatic heterocycles. The van der Waals surface area contributed by atoms with Crippen molar-refractivity contribution in [2.24, 2.45) is 0 Å². The Hall–Kier alpha value is -1.64. The van der Waals surface area contributed by atoms with Gasteiger partial charge in [-0.25, -0.2) is 0 Å². The topological polar surface area (TPSA) is 18.5 Å². The first kappa shape index (κ1) is 13.8. The van der Waals surface area contributed by atoms with E-state index in [2.05, 4.69) is 0 Å². The molecule has 0 aliphatic rings. The molecule has 0 N–H and O–H groups in total. The fourth-order valence-corrected chi connectivity index (χ4v) is 1.56. The van der Waals surface area contributed by atoms with Crippen molar-refractivity contribution in [2.75, 3.05) is 6.61 Å². The van der Waals surface area contributed by atoms with Gasteiger partial charge in [0.25, 0.3) is 0 Å². The monoisotopic (exact) mass is 294 g/mol. The van der Waals surface area contributed by atoms with Crippen LogP contribution in [0.1, 0.15) is 0 Å². The van der Waals surface area contributed by atoms with Crippen molar-refractivity contribution >= 4 is 23.2 Å². The molecule has 2 aromatic carbocycles. The molecule has 2 rings (SSSR count). The van der Waals surface area contributed by atoms with E-state index in [-0.39, 0.29) is 4.49 Å². The normalized spacial score (nSPS) is 9.79. The largest absolute Gasteiger partial charge is 0.489 e. The van der Waals surface area contributed by atoms with E-state index in [9.17, 15) is 0 Å². The molecule has 0 heterocycles. The van der Waals surface area contributed by atoms with Crippen LogP contribution < -0.4 is 9.47 Å². The van der Waals surface area contributed by atoms with Crippen LogP contribution >= 0.6 is 23.2 Å². The Bertz CT molecular complexity index is 532. The van der Waals surface area contributed by atoms with Gasteiger partial charge in [0.1, 0.15) is 28.3 Å². The number of halogens is 2. The minimum absolute atomic E-state index is 0.198. The van der Waals surface area contributed by atoms with Gasteiger partial charge in [0, 0.05) is 0 Å². The van der Waals surface area contributed by atoms with Crippen molar-refractivity contribution in [3.63, 3.8) is 0 Å². The predicted molar refractivity (Wildman–Crippen MR) is 78.2 cm³/mol. The average molecular weight is 295 g/mol. The Balaban J connectivity index is 1.93. The Labute approximate surface area is 122 Å². The zero-order valence-corrected chi connectivity index (χ0v) is 11.6. The summed E-state index contributed by atoms with van der Waals surface area (Å²) in [5.41, 5.74) is 0. The Morgan fingerprint density at radius 1 is 0.842 bits per heavy atom. The highest BCUT2D eigenvalue weighted by molar-refractivity contribution is 6.55. The first-order valence-electron chi connectivity index (χ1n) is 5.71. The molecule has 0 saturated carbocycles. The quantitative estimate of drug-likeness (QED) is 0.757. The second-order valence-corrected chi connectivity index (χ2v) is 4.70. The molecule has 2 nitrogen and oxygen atoms in total. The number of benzene rings is 2. The van der Waals surface area contributed by atoms with Crippen LogP contribution in [0, 0.1) is 0 Å². The van der Waals surface area contributed by atoms with Gasteiger partial charge >= 0.3 is 0 Å². The molecule has 0 saturated heterocycles. The maximum absolute atomic E-state index is 5.67. The first-order chi connectivity index (χ1) is 9.24. The molecular formula is C15H12Cl2O2. The van der Waals surface area contributed by atoms with E-state index < -0.39 is 0 Å². The summed E-state index contributed by atoms with van der Waals surface area (Å²) < 4.78 is 11.3. The highest BCUT2D eigenvalue weighted by Crippen LogP contribution is 2.23. The molecule has 98 valence electrons. The number of rotatable bonds is 5. The van der Waals surface area contributed by atoms with Crippen LogP contribution in [-0.2, 0) is 0 Å². The lowest BCUT2D eigenvalue weighted by Crippen LogP contribution is -1.93. The fourth-order valence-electron chi connectivity index (χ4n) is 1.43. The van der Waals surface area contributed by atoms with Gasteiger partial charge in [-0.3, -0.25) is 0 Å². The molecule has 0 unspecified atom stereocenters. The molecule has 0 radical (unpaired) electrons. The van der Waals surface area contributed by atoms with Crippen LogP contribution in [0.3, 0.4) is 0 Å². The maximum atomic E-state index is 5.67. The van der Waals surface area contributed by atoms with Gasteiger partial charge in [-0.05, 0) is 42.5 Å². The van der Waals surface area contributed by atoms with Crippen molar-refractivity contribution in [3.8, 4) is 17.2 Å². The van der Waals surface area contributed by atoms with Gasteiger partial charge in [0.05, 0.1) is 0 Å². The average Bonchev–Trinajstić information content (AvgIpc) is 2.42. The summed E-state index contributed by atoms with van der Waals surface area (Å²) in [5, 5.41) is 0. The summed E-state index contributed by atoms with van der Waals surface area (Å²) in [7, 11) is 0. The molecule has 0 aliphatic carbocycles. The molecule has 4 heteroatoms. The minimum Gasteiger partial charge on any atom is -0.489 e. The van der Waals surface area contributed by atoms with Crippen LogP contribution in [0.4, 0.5) is 0 Å². The van der Waals surface area contributed by atoms with E-state index in [4.69, 9.17) is 32.7 Å². The van der Waals surface area contributed by atoms with E-state index in [1.54, 1.807) is 6.08 Å². The predicted octanol–water partition coefficient (Wildman–Crippen LogP) is 5.18. The lowest BCUT2D eigenvalue weighted by atomic mass is 10.3. The minimum atomic E-state index is 0.198. The van der Waals surface area contributed by atoms with E-state index in [0.717, 1.165) is 17.2 Å². The van der Waals surface area contributed by atoms with Crippen molar-refractivity contribution in [1.29, 1.82) is 0 Å². The lowest BCUT2D eigenvalue weighted by molar-refractivity contribution is 0.362. The van der Waals surface area contributed by atoms with Crippen LogP contribution in [-0.4, -0.2) is 6.61 Å². The standard InChI is InChI=1S/C15H12Cl2O2/c16-15(17)10-11-18-12-6-8-14(9-7-12)19-13-4-2-1-3-5-13/h1-10H,11H2. The van der Waals surface area contributed by atoms with Crippen LogP contribution in [0.15, 0.2) is 65.2 Å². The van der Waals surface area contributed by atoms with Crippen molar-refractivity contribution in [3.05, 3.63) is 65.2 Å². The molecule has 0 atom stereocenters. The summed E-state index contributed by atoms with van der Waals surface area (Å²) in [4.78, 5) is 0. The second-order valence-electron chi connectivity index (χ2n) is 3.69. The fraction of sp³-hybridized carbons (Fsp3) is 0.0667. The first-order valence-corrected chi connectivity index (χ1v) is 6.46. The Kier molecular flexibility index (Phi) is 5.13. The van der Waals surface area contributed by atoms with E-state index >= 15 is 0 Å². The third kappa shape index (κ3) is 4.86. The third-order valence-electron chi connectivity index (χ3n) is 2.29. The van der Waals surface area contributed by atoms with Gasteiger partial charge in [-0.15, -0.1) is 0 Å². The van der Waals surface area contributed by atoms with E-state index in [1.165, 1.54) is 0 Å². The summed E-state index contributed by atoms with van der Waals surface area (Å²) in [5.74, 6) is 2.28. The number of hydrogen-bond acceptors (Lipinski definition) is 2. The molecule has 2 aromatic rings. The van der Waals surface area contributed by atoms with Crippen molar-refractivity contribution in [2.45, 2.75) is 0 Å². The SMILES string of the molecule is ClC(Cl)=CCOc1ccc(Oc2ccccc2)cc1. The summed E-state index contributed by atoms with van der Waals surface area (Å²) in [6.45, 7) is 0.335. The van der Waals surface area contributed by atoms with Crippen molar-refractivity contribution in [1.82, 2.24) is 0 Å². The second kappa shape index (κ2) is 7.07. The Morgan fingerprint density at radius 3 is 2.05 bits per heavy atom. The lowest BCUT2D eigenvalue weighted by Gasteiger charge is -2.07. The van der Waals surface area contributed by atoms with E-state index in [0.29, 0.717) is 6.61 Å². The smallest absolute Gasteiger partial charge is 0.127 e. The highest BCUT2D eigenvalue weighted by atomic mass is 35.5. The Morgan fingerprint density at radius 2 is 1.42 bits per heavy atom. The zero-order valence-electron chi connectivity index (χ0n) is 10.1. The number of ether oxygens (including phenoxy) is 2. The molecule has 0 aliphatic heterocycles. The van der Waals surface area contributed by atoms with Gasteiger partial charge in [-0.1, -0.05) is 41.4 Å². The molecule has 0 amide bonds. The molecular weight excluding hydrogens is 283 g/mol. The van der Waals surface area contributed by atoms with Gasteiger partial charge in [-0.2, -0.15) is 0 Å². The maximum Gasteiger partial charge on any atom is 0.127 e. The molecule has 0 fully saturated rings. The molecule has 19 heavy (non-hydrogen) atoms. The van der Waals surface area contributed by atoms with Gasteiger partial charge < -0.3 is 9.47 Å². The summed E-state index contributed by atoms with van der Waals surface area (Å²) in [6.07, 6.45) is 1.58. The van der Waals surface area contributed by atoms with Crippen molar-refractivity contribution < 1.29 is 9.47 Å². The zero-order chi connectivity index (χ0) is 13.5. The number of hydrogen-bond donors (Lipinski definition) is 0. The van der Waals surface area contributed by atoms with Gasteiger partial charge in [0.15, 0.2) is 0 Å². The molecule has 0 spiro atoms.